The Labute approximate surface area is 136 Å². The van der Waals surface area contributed by atoms with Crippen molar-refractivity contribution in [1.29, 1.82) is 0 Å². The van der Waals surface area contributed by atoms with Crippen molar-refractivity contribution >= 4 is 23.3 Å². The first-order chi connectivity index (χ1) is 10.6. The Morgan fingerprint density at radius 2 is 1.77 bits per heavy atom. The Bertz CT molecular complexity index is 645. The van der Waals surface area contributed by atoms with Crippen molar-refractivity contribution in [2.24, 2.45) is 0 Å². The van der Waals surface area contributed by atoms with Gasteiger partial charge >= 0.3 is 5.97 Å². The molecule has 0 aliphatic heterocycles. The van der Waals surface area contributed by atoms with Gasteiger partial charge in [0.1, 0.15) is 5.76 Å². The smallest absolute Gasteiger partial charge is 0.308 e. The van der Waals surface area contributed by atoms with Crippen molar-refractivity contribution < 1.29 is 9.53 Å². The maximum absolute atomic E-state index is 11.4. The monoisotopic (exact) mass is 314 g/mol. The van der Waals surface area contributed by atoms with Gasteiger partial charge in [0.2, 0.25) is 0 Å². The van der Waals surface area contributed by atoms with E-state index in [4.69, 9.17) is 16.3 Å². The zero-order valence-corrected chi connectivity index (χ0v) is 13.5. The molecule has 2 nitrogen and oxygen atoms in total. The Morgan fingerprint density at radius 1 is 1.14 bits per heavy atom. The van der Waals surface area contributed by atoms with Crippen molar-refractivity contribution in [2.75, 3.05) is 0 Å². The van der Waals surface area contributed by atoms with Crippen molar-refractivity contribution in [1.82, 2.24) is 0 Å². The van der Waals surface area contributed by atoms with Crippen LogP contribution in [0.5, 0.6) is 0 Å². The molecule has 0 aromatic heterocycles. The minimum atomic E-state index is -0.330. The summed E-state index contributed by atoms with van der Waals surface area (Å²) in [5.41, 5.74) is 2.04. The molecule has 2 aromatic rings. The molecule has 0 bridgehead atoms. The average molecular weight is 315 g/mol. The molecular formula is C19H19ClO2. The van der Waals surface area contributed by atoms with E-state index >= 15 is 0 Å². The maximum atomic E-state index is 11.4. The highest BCUT2D eigenvalue weighted by Gasteiger charge is 2.12. The van der Waals surface area contributed by atoms with E-state index in [0.29, 0.717) is 10.8 Å². The summed E-state index contributed by atoms with van der Waals surface area (Å²) in [6.45, 7) is 3.52. The van der Waals surface area contributed by atoms with Crippen LogP contribution in [-0.4, -0.2) is 5.97 Å². The molecule has 114 valence electrons. The predicted octanol–water partition coefficient (Wildman–Crippen LogP) is 5.44. The SMILES string of the molecule is CC[C@H](/C=C(\OC(C)=O)c1ccc(Cl)cc1)c1ccccc1. The molecule has 0 saturated heterocycles. The fourth-order valence-corrected chi connectivity index (χ4v) is 2.42. The zero-order chi connectivity index (χ0) is 15.9. The van der Waals surface area contributed by atoms with Gasteiger partial charge in [-0.15, -0.1) is 0 Å². The molecule has 1 atom stereocenters. The van der Waals surface area contributed by atoms with Crippen molar-refractivity contribution in [2.45, 2.75) is 26.2 Å². The summed E-state index contributed by atoms with van der Waals surface area (Å²) in [4.78, 5) is 11.4. The lowest BCUT2D eigenvalue weighted by Gasteiger charge is -2.14. The average Bonchev–Trinajstić information content (AvgIpc) is 2.52. The highest BCUT2D eigenvalue weighted by molar-refractivity contribution is 6.30. The van der Waals surface area contributed by atoms with Crippen LogP contribution in [-0.2, 0) is 9.53 Å². The number of hydrogen-bond donors (Lipinski definition) is 0. The first-order valence-electron chi connectivity index (χ1n) is 7.31. The number of benzene rings is 2. The van der Waals surface area contributed by atoms with E-state index in [2.05, 4.69) is 19.1 Å². The number of hydrogen-bond acceptors (Lipinski definition) is 2. The number of ether oxygens (including phenoxy) is 1. The largest absolute Gasteiger partial charge is 0.426 e. The van der Waals surface area contributed by atoms with Gasteiger partial charge in [0.15, 0.2) is 0 Å². The zero-order valence-electron chi connectivity index (χ0n) is 12.8. The highest BCUT2D eigenvalue weighted by Crippen LogP contribution is 2.27. The fourth-order valence-electron chi connectivity index (χ4n) is 2.29. The van der Waals surface area contributed by atoms with Crippen LogP contribution in [0.3, 0.4) is 0 Å². The van der Waals surface area contributed by atoms with Crippen LogP contribution in [0.15, 0.2) is 60.7 Å². The molecule has 2 aromatic carbocycles. The van der Waals surface area contributed by atoms with Crippen LogP contribution in [0.4, 0.5) is 0 Å². The van der Waals surface area contributed by atoms with Gasteiger partial charge in [-0.25, -0.2) is 0 Å². The van der Waals surface area contributed by atoms with Crippen molar-refractivity contribution in [3.05, 3.63) is 76.8 Å². The van der Waals surface area contributed by atoms with Gasteiger partial charge in [0.05, 0.1) is 0 Å². The second-order valence-corrected chi connectivity index (χ2v) is 5.49. The van der Waals surface area contributed by atoms with E-state index in [-0.39, 0.29) is 11.9 Å². The third-order valence-electron chi connectivity index (χ3n) is 3.40. The van der Waals surface area contributed by atoms with Gasteiger partial charge < -0.3 is 4.74 Å². The quantitative estimate of drug-likeness (QED) is 0.542. The number of esters is 1. The minimum absolute atomic E-state index is 0.186. The minimum Gasteiger partial charge on any atom is -0.426 e. The van der Waals surface area contributed by atoms with Gasteiger partial charge in [-0.05, 0) is 42.3 Å². The van der Waals surface area contributed by atoms with Crippen LogP contribution in [0.25, 0.3) is 5.76 Å². The first kappa shape index (κ1) is 16.3. The molecule has 3 heteroatoms. The Kier molecular flexibility index (Phi) is 5.79. The standard InChI is InChI=1S/C19H19ClO2/c1-3-15(16-7-5-4-6-8-16)13-19(22-14(2)21)17-9-11-18(20)12-10-17/h4-13,15H,3H2,1-2H3/b19-13-/t15-/m1/s1. The molecule has 0 saturated carbocycles. The molecule has 0 amide bonds. The fraction of sp³-hybridized carbons (Fsp3) is 0.211. The van der Waals surface area contributed by atoms with Crippen molar-refractivity contribution in [3.63, 3.8) is 0 Å². The topological polar surface area (TPSA) is 26.3 Å². The lowest BCUT2D eigenvalue weighted by molar-refractivity contribution is -0.134. The van der Waals surface area contributed by atoms with Gasteiger partial charge in [-0.3, -0.25) is 4.79 Å². The molecule has 0 radical (unpaired) electrons. The van der Waals surface area contributed by atoms with Gasteiger partial charge in [0.25, 0.3) is 0 Å². The second-order valence-electron chi connectivity index (χ2n) is 5.06. The maximum Gasteiger partial charge on any atom is 0.308 e. The number of halogens is 1. The molecule has 0 aliphatic carbocycles. The lowest BCUT2D eigenvalue weighted by atomic mass is 9.94. The summed E-state index contributed by atoms with van der Waals surface area (Å²) >= 11 is 5.92. The Balaban J connectivity index is 2.38. The van der Waals surface area contributed by atoms with Gasteiger partial charge in [0, 0.05) is 23.4 Å². The summed E-state index contributed by atoms with van der Waals surface area (Å²) in [6, 6.07) is 17.5. The van der Waals surface area contributed by atoms with Crippen LogP contribution >= 0.6 is 11.6 Å². The molecule has 2 rings (SSSR count). The second kappa shape index (κ2) is 7.81. The molecule has 0 N–H and O–H groups in total. The number of carbonyl (C=O) groups is 1. The number of allylic oxidation sites excluding steroid dienone is 1. The summed E-state index contributed by atoms with van der Waals surface area (Å²) in [6.07, 6.45) is 2.92. The number of rotatable bonds is 5. The molecular weight excluding hydrogens is 296 g/mol. The summed E-state index contributed by atoms with van der Waals surface area (Å²) in [5.74, 6) is 0.426. The lowest BCUT2D eigenvalue weighted by Crippen LogP contribution is -2.02. The molecule has 0 fully saturated rings. The van der Waals surface area contributed by atoms with E-state index in [9.17, 15) is 4.79 Å². The van der Waals surface area contributed by atoms with Gasteiger partial charge in [-0.2, -0.15) is 0 Å². The third kappa shape index (κ3) is 4.47. The van der Waals surface area contributed by atoms with Crippen LogP contribution in [0, 0.1) is 0 Å². The summed E-state index contributed by atoms with van der Waals surface area (Å²) < 4.78 is 5.41. The molecule has 0 heterocycles. The summed E-state index contributed by atoms with van der Waals surface area (Å²) in [5, 5.41) is 0.654. The Hall–Kier alpha value is -2.06. The summed E-state index contributed by atoms with van der Waals surface area (Å²) in [7, 11) is 0. The van der Waals surface area contributed by atoms with E-state index in [1.165, 1.54) is 12.5 Å². The molecule has 0 aliphatic rings. The van der Waals surface area contributed by atoms with E-state index in [0.717, 1.165) is 12.0 Å². The van der Waals surface area contributed by atoms with Gasteiger partial charge in [-0.1, -0.05) is 48.9 Å². The molecule has 0 spiro atoms. The normalized spacial score (nSPS) is 12.8. The van der Waals surface area contributed by atoms with E-state index < -0.39 is 0 Å². The molecule has 22 heavy (non-hydrogen) atoms. The van der Waals surface area contributed by atoms with Crippen LogP contribution in [0.1, 0.15) is 37.3 Å². The first-order valence-corrected chi connectivity index (χ1v) is 7.69. The van der Waals surface area contributed by atoms with E-state index in [1.807, 2.05) is 36.4 Å². The third-order valence-corrected chi connectivity index (χ3v) is 3.65. The van der Waals surface area contributed by atoms with Crippen LogP contribution in [0.2, 0.25) is 5.02 Å². The predicted molar refractivity (Wildman–Crippen MR) is 90.7 cm³/mol. The Morgan fingerprint density at radius 3 is 2.32 bits per heavy atom. The van der Waals surface area contributed by atoms with Crippen molar-refractivity contribution in [3.8, 4) is 0 Å². The van der Waals surface area contributed by atoms with Crippen LogP contribution < -0.4 is 0 Å². The molecule has 0 unspecified atom stereocenters. The number of carbonyl (C=O) groups excluding carboxylic acids is 1. The highest BCUT2D eigenvalue weighted by atomic mass is 35.5. The van der Waals surface area contributed by atoms with E-state index in [1.54, 1.807) is 12.1 Å².